The molecule has 0 spiro atoms. The number of allylic oxidation sites excluding steroid dienone is 1. The average molecular weight is 207 g/mol. The maximum absolute atomic E-state index is 5.69. The Labute approximate surface area is 88.0 Å². The summed E-state index contributed by atoms with van der Waals surface area (Å²) in [5.74, 6) is 1.40. The van der Waals surface area contributed by atoms with Crippen LogP contribution in [0.4, 0.5) is 0 Å². The third-order valence-electron chi connectivity index (χ3n) is 2.04. The average Bonchev–Trinajstić information content (AvgIpc) is 2.59. The second-order valence-corrected chi connectivity index (χ2v) is 3.58. The molecule has 1 aromatic carbocycles. The van der Waals surface area contributed by atoms with Crippen molar-refractivity contribution >= 4 is 28.6 Å². The molecule has 0 saturated heterocycles. The molecule has 0 aliphatic carbocycles. The molecule has 0 N–H and O–H groups in total. The summed E-state index contributed by atoms with van der Waals surface area (Å²) >= 11 is 5.69. The Morgan fingerprint density at radius 1 is 1.43 bits per heavy atom. The minimum Gasteiger partial charge on any atom is -0.457 e. The number of hydrogen-bond donors (Lipinski definition) is 0. The molecule has 2 rings (SSSR count). The first-order valence-corrected chi connectivity index (χ1v) is 5.05. The Balaban J connectivity index is 2.45. The summed E-state index contributed by atoms with van der Waals surface area (Å²) in [6.07, 6.45) is 1.97. The molecule has 0 aliphatic heterocycles. The summed E-state index contributed by atoms with van der Waals surface area (Å²) in [6, 6.07) is 9.98. The second-order valence-electron chi connectivity index (χ2n) is 3.31. The fourth-order valence-corrected chi connectivity index (χ4v) is 1.43. The maximum atomic E-state index is 5.69. The van der Waals surface area contributed by atoms with Gasteiger partial charge in [0, 0.05) is 11.3 Å². The van der Waals surface area contributed by atoms with E-state index in [0.29, 0.717) is 5.88 Å². The molecule has 0 unspecified atom stereocenters. The highest BCUT2D eigenvalue weighted by Crippen LogP contribution is 2.20. The molecule has 0 radical (unpaired) electrons. The van der Waals surface area contributed by atoms with E-state index in [4.69, 9.17) is 16.0 Å². The molecule has 0 bridgehead atoms. The minimum atomic E-state index is 0.539. The van der Waals surface area contributed by atoms with Crippen LogP contribution in [0, 0.1) is 0 Å². The van der Waals surface area contributed by atoms with Gasteiger partial charge in [0.05, 0.1) is 0 Å². The first-order valence-electron chi connectivity index (χ1n) is 4.51. The van der Waals surface area contributed by atoms with Gasteiger partial charge in [-0.25, -0.2) is 0 Å². The van der Waals surface area contributed by atoms with Crippen molar-refractivity contribution in [3.05, 3.63) is 41.7 Å². The topological polar surface area (TPSA) is 13.1 Å². The first kappa shape index (κ1) is 9.35. The van der Waals surface area contributed by atoms with E-state index in [9.17, 15) is 0 Å². The second kappa shape index (κ2) is 3.89. The van der Waals surface area contributed by atoms with Crippen LogP contribution >= 0.6 is 11.6 Å². The van der Waals surface area contributed by atoms with Crippen LogP contribution in [0.1, 0.15) is 12.7 Å². The zero-order valence-electron chi connectivity index (χ0n) is 7.96. The highest BCUT2D eigenvalue weighted by Gasteiger charge is 1.99. The third kappa shape index (κ3) is 1.83. The molecule has 1 aromatic heterocycles. The van der Waals surface area contributed by atoms with Gasteiger partial charge in [0.25, 0.3) is 0 Å². The van der Waals surface area contributed by atoms with E-state index in [1.54, 1.807) is 0 Å². The number of furan rings is 1. The van der Waals surface area contributed by atoms with Gasteiger partial charge in [-0.15, -0.1) is 11.6 Å². The number of fused-ring (bicyclic) bond motifs is 1. The van der Waals surface area contributed by atoms with Gasteiger partial charge in [0.15, 0.2) is 0 Å². The van der Waals surface area contributed by atoms with Crippen molar-refractivity contribution in [3.8, 4) is 0 Å². The van der Waals surface area contributed by atoms with Gasteiger partial charge in [0.2, 0.25) is 0 Å². The number of benzene rings is 1. The molecule has 2 aromatic rings. The number of alkyl halides is 1. The minimum absolute atomic E-state index is 0.539. The van der Waals surface area contributed by atoms with E-state index in [1.165, 1.54) is 0 Å². The molecule has 14 heavy (non-hydrogen) atoms. The van der Waals surface area contributed by atoms with Gasteiger partial charge in [-0.3, -0.25) is 0 Å². The summed E-state index contributed by atoms with van der Waals surface area (Å²) in [5.41, 5.74) is 2.02. The third-order valence-corrected chi connectivity index (χ3v) is 2.47. The predicted molar refractivity (Wildman–Crippen MR) is 60.6 cm³/mol. The quantitative estimate of drug-likeness (QED) is 0.675. The SMILES string of the molecule is C/C(=C/c1cc2ccccc2o1)CCl. The van der Waals surface area contributed by atoms with E-state index < -0.39 is 0 Å². The van der Waals surface area contributed by atoms with Crippen molar-refractivity contribution in [1.82, 2.24) is 0 Å². The summed E-state index contributed by atoms with van der Waals surface area (Å²) in [5, 5.41) is 1.13. The first-order chi connectivity index (χ1) is 6.79. The normalized spacial score (nSPS) is 12.3. The largest absolute Gasteiger partial charge is 0.457 e. The van der Waals surface area contributed by atoms with Crippen molar-refractivity contribution in [2.45, 2.75) is 6.92 Å². The maximum Gasteiger partial charge on any atom is 0.134 e. The number of rotatable bonds is 2. The monoisotopic (exact) mass is 206 g/mol. The molecular formula is C12H11ClO. The van der Waals surface area contributed by atoms with Crippen LogP contribution < -0.4 is 0 Å². The number of para-hydroxylation sites is 1. The number of halogens is 1. The zero-order valence-corrected chi connectivity index (χ0v) is 8.71. The molecule has 0 fully saturated rings. The van der Waals surface area contributed by atoms with E-state index in [0.717, 1.165) is 22.3 Å². The van der Waals surface area contributed by atoms with Crippen molar-refractivity contribution in [1.29, 1.82) is 0 Å². The lowest BCUT2D eigenvalue weighted by molar-refractivity contribution is 0.604. The molecule has 0 saturated carbocycles. The van der Waals surface area contributed by atoms with Gasteiger partial charge in [-0.2, -0.15) is 0 Å². The van der Waals surface area contributed by atoms with Crippen molar-refractivity contribution < 1.29 is 4.42 Å². The number of hydrogen-bond acceptors (Lipinski definition) is 1. The molecule has 0 atom stereocenters. The fraction of sp³-hybridized carbons (Fsp3) is 0.167. The lowest BCUT2D eigenvalue weighted by atomic mass is 10.2. The van der Waals surface area contributed by atoms with E-state index in [2.05, 4.69) is 0 Å². The molecule has 72 valence electrons. The molecule has 1 heterocycles. The molecule has 1 nitrogen and oxygen atoms in total. The molecule has 2 heteroatoms. The van der Waals surface area contributed by atoms with Crippen LogP contribution in [-0.4, -0.2) is 5.88 Å². The van der Waals surface area contributed by atoms with Crippen molar-refractivity contribution in [2.75, 3.05) is 5.88 Å². The summed E-state index contributed by atoms with van der Waals surface area (Å²) in [4.78, 5) is 0. The Kier molecular flexibility index (Phi) is 2.60. The van der Waals surface area contributed by atoms with Crippen LogP contribution in [0.3, 0.4) is 0 Å². The highest BCUT2D eigenvalue weighted by molar-refractivity contribution is 6.19. The Bertz CT molecular complexity index is 435. The molecule has 0 aliphatic rings. The van der Waals surface area contributed by atoms with Gasteiger partial charge in [-0.05, 0) is 25.1 Å². The summed E-state index contributed by atoms with van der Waals surface area (Å²) in [7, 11) is 0. The van der Waals surface area contributed by atoms with Crippen LogP contribution in [0.5, 0.6) is 0 Å². The summed E-state index contributed by atoms with van der Waals surface area (Å²) < 4.78 is 5.61. The van der Waals surface area contributed by atoms with Crippen LogP contribution in [0.25, 0.3) is 17.0 Å². The van der Waals surface area contributed by atoms with Gasteiger partial charge < -0.3 is 4.42 Å². The van der Waals surface area contributed by atoms with E-state index in [1.807, 2.05) is 43.3 Å². The Hall–Kier alpha value is -1.21. The standard InChI is InChI=1S/C12H11ClO/c1-9(8-13)6-11-7-10-4-2-3-5-12(10)14-11/h2-7H,8H2,1H3/b9-6-. The predicted octanol–water partition coefficient (Wildman–Crippen LogP) is 4.07. The Morgan fingerprint density at radius 2 is 2.21 bits per heavy atom. The smallest absolute Gasteiger partial charge is 0.134 e. The fourth-order valence-electron chi connectivity index (χ4n) is 1.35. The van der Waals surface area contributed by atoms with Gasteiger partial charge in [0.1, 0.15) is 11.3 Å². The van der Waals surface area contributed by atoms with Crippen molar-refractivity contribution in [2.24, 2.45) is 0 Å². The molecular weight excluding hydrogens is 196 g/mol. The molecule has 0 amide bonds. The zero-order chi connectivity index (χ0) is 9.97. The van der Waals surface area contributed by atoms with Gasteiger partial charge >= 0.3 is 0 Å². The highest BCUT2D eigenvalue weighted by atomic mass is 35.5. The lowest BCUT2D eigenvalue weighted by Crippen LogP contribution is -1.74. The van der Waals surface area contributed by atoms with Crippen LogP contribution in [-0.2, 0) is 0 Å². The van der Waals surface area contributed by atoms with Crippen LogP contribution in [0.2, 0.25) is 0 Å². The van der Waals surface area contributed by atoms with E-state index >= 15 is 0 Å². The van der Waals surface area contributed by atoms with E-state index in [-0.39, 0.29) is 0 Å². The summed E-state index contributed by atoms with van der Waals surface area (Å²) in [6.45, 7) is 1.99. The van der Waals surface area contributed by atoms with Crippen LogP contribution in [0.15, 0.2) is 40.3 Å². The lowest BCUT2D eigenvalue weighted by Gasteiger charge is -1.89. The Morgan fingerprint density at radius 3 is 2.93 bits per heavy atom. The van der Waals surface area contributed by atoms with Gasteiger partial charge in [-0.1, -0.05) is 23.8 Å². The van der Waals surface area contributed by atoms with Crippen molar-refractivity contribution in [3.63, 3.8) is 0 Å².